The van der Waals surface area contributed by atoms with Gasteiger partial charge in [-0.2, -0.15) is 0 Å². The highest BCUT2D eigenvalue weighted by molar-refractivity contribution is 6.30. The summed E-state index contributed by atoms with van der Waals surface area (Å²) in [4.78, 5) is 24.8. The van der Waals surface area contributed by atoms with Crippen LogP contribution < -0.4 is 0 Å². The average Bonchev–Trinajstić information content (AvgIpc) is 2.55. The van der Waals surface area contributed by atoms with E-state index in [0.717, 1.165) is 5.02 Å². The fourth-order valence-corrected chi connectivity index (χ4v) is 1.29. The third-order valence-corrected chi connectivity index (χ3v) is 2.48. The van der Waals surface area contributed by atoms with Crippen molar-refractivity contribution in [2.75, 3.05) is 26.4 Å². The van der Waals surface area contributed by atoms with Crippen molar-refractivity contribution < 1.29 is 19.1 Å². The fourth-order valence-electron chi connectivity index (χ4n) is 1.15. The van der Waals surface area contributed by atoms with Crippen LogP contribution >= 0.6 is 11.6 Å². The predicted octanol–water partition coefficient (Wildman–Crippen LogP) is 3.34. The van der Waals surface area contributed by atoms with Crippen LogP contribution in [0.4, 0.5) is 0 Å². The van der Waals surface area contributed by atoms with E-state index >= 15 is 0 Å². The van der Waals surface area contributed by atoms with E-state index in [1.54, 1.807) is 6.92 Å². The van der Waals surface area contributed by atoms with Gasteiger partial charge in [0.25, 0.3) is 0 Å². The minimum Gasteiger partial charge on any atom is -0.462 e. The van der Waals surface area contributed by atoms with Crippen LogP contribution in [0.25, 0.3) is 10.4 Å². The van der Waals surface area contributed by atoms with Gasteiger partial charge in [-0.1, -0.05) is 41.5 Å². The Balaban J connectivity index is 0.000000568. The van der Waals surface area contributed by atoms with Gasteiger partial charge in [-0.25, -0.2) is 4.79 Å². The van der Waals surface area contributed by atoms with Gasteiger partial charge in [0.05, 0.1) is 18.8 Å². The lowest BCUT2D eigenvalue weighted by atomic mass is 10.2. The second kappa shape index (κ2) is 13.3. The number of ketones is 1. The molecule has 1 rings (SSSR count). The van der Waals surface area contributed by atoms with Gasteiger partial charge in [0.2, 0.25) is 0 Å². The zero-order valence-corrected chi connectivity index (χ0v) is 13.5. The largest absolute Gasteiger partial charge is 0.462 e. The molecular formula is C15H18ClN3O4. The topological polar surface area (TPSA) is 101 Å². The van der Waals surface area contributed by atoms with Gasteiger partial charge in [-0.3, -0.25) is 4.79 Å². The number of hydrogen-bond donors (Lipinski definition) is 0. The van der Waals surface area contributed by atoms with Gasteiger partial charge in [0.15, 0.2) is 5.78 Å². The lowest BCUT2D eigenvalue weighted by Gasteiger charge is -2.04. The van der Waals surface area contributed by atoms with Gasteiger partial charge in [0, 0.05) is 16.5 Å². The number of rotatable bonds is 8. The maximum Gasteiger partial charge on any atom is 0.341 e. The number of halogens is 1. The van der Waals surface area contributed by atoms with Crippen LogP contribution in [0.3, 0.4) is 0 Å². The van der Waals surface area contributed by atoms with Crippen molar-refractivity contribution >= 4 is 23.4 Å². The summed E-state index contributed by atoms with van der Waals surface area (Å²) in [5.74, 6) is -1.29. The number of hydrogen-bond acceptors (Lipinski definition) is 5. The second-order valence-electron chi connectivity index (χ2n) is 3.92. The number of Topliss-reactive ketones (excluding diaryl/α,β-unsaturated/α-hetero) is 1. The highest BCUT2D eigenvalue weighted by Gasteiger charge is 2.16. The molecule has 8 heteroatoms. The van der Waals surface area contributed by atoms with Crippen molar-refractivity contribution in [1.82, 2.24) is 0 Å². The lowest BCUT2D eigenvalue weighted by Crippen LogP contribution is -2.19. The Morgan fingerprint density at radius 3 is 2.48 bits per heavy atom. The Hall–Kier alpha value is -2.34. The Bertz CT molecular complexity index is 557. The minimum atomic E-state index is -0.744. The van der Waals surface area contributed by atoms with Gasteiger partial charge < -0.3 is 9.47 Å². The maximum atomic E-state index is 11.3. The van der Waals surface area contributed by atoms with E-state index in [1.807, 2.05) is 30.3 Å². The summed E-state index contributed by atoms with van der Waals surface area (Å²) in [6, 6.07) is 9.44. The zero-order chi connectivity index (χ0) is 17.5. The van der Waals surface area contributed by atoms with Crippen LogP contribution in [0.2, 0.25) is 5.02 Å². The van der Waals surface area contributed by atoms with E-state index in [9.17, 15) is 9.59 Å². The Kier molecular flexibility index (Phi) is 12.0. The minimum absolute atomic E-state index is 0.117. The van der Waals surface area contributed by atoms with Crippen LogP contribution in [-0.4, -0.2) is 38.1 Å². The van der Waals surface area contributed by atoms with Crippen molar-refractivity contribution in [2.24, 2.45) is 5.11 Å². The van der Waals surface area contributed by atoms with Crippen molar-refractivity contribution in [3.05, 3.63) is 57.9 Å². The average molecular weight is 340 g/mol. The van der Waals surface area contributed by atoms with E-state index in [1.165, 1.54) is 0 Å². The zero-order valence-electron chi connectivity index (χ0n) is 12.8. The third kappa shape index (κ3) is 11.0. The first-order valence-electron chi connectivity index (χ1n) is 6.71. The first kappa shape index (κ1) is 20.7. The molecule has 0 fully saturated rings. The molecule has 0 atom stereocenters. The summed E-state index contributed by atoms with van der Waals surface area (Å²) in [7, 11) is 0. The van der Waals surface area contributed by atoms with Gasteiger partial charge >= 0.3 is 5.97 Å². The van der Waals surface area contributed by atoms with E-state index in [-0.39, 0.29) is 31.9 Å². The van der Waals surface area contributed by atoms with Crippen molar-refractivity contribution in [3.8, 4) is 0 Å². The molecule has 0 unspecified atom stereocenters. The highest BCUT2D eigenvalue weighted by atomic mass is 35.5. The summed E-state index contributed by atoms with van der Waals surface area (Å²) in [5, 5.41) is 4.00. The molecule has 0 N–H and O–H groups in total. The molecular weight excluding hydrogens is 322 g/mol. The summed E-state index contributed by atoms with van der Waals surface area (Å²) < 4.78 is 9.45. The molecule has 124 valence electrons. The smallest absolute Gasteiger partial charge is 0.341 e. The van der Waals surface area contributed by atoms with Crippen LogP contribution in [0.5, 0.6) is 0 Å². The van der Waals surface area contributed by atoms with E-state index < -0.39 is 11.8 Å². The molecule has 0 saturated heterocycles. The lowest BCUT2D eigenvalue weighted by molar-refractivity contribution is -0.140. The summed E-state index contributed by atoms with van der Waals surface area (Å²) in [5.41, 5.74) is 7.71. The number of ether oxygens (including phenoxy) is 2. The molecule has 0 bridgehead atoms. The molecule has 1 aromatic rings. The molecule has 7 nitrogen and oxygen atoms in total. The molecule has 23 heavy (non-hydrogen) atoms. The van der Waals surface area contributed by atoms with Crippen LogP contribution in [0.1, 0.15) is 6.92 Å². The number of esters is 1. The fraction of sp³-hybridized carbons (Fsp3) is 0.333. The quantitative estimate of drug-likeness (QED) is 0.106. The Morgan fingerprint density at radius 2 is 2.00 bits per heavy atom. The molecule has 0 aliphatic heterocycles. The summed E-state index contributed by atoms with van der Waals surface area (Å²) in [6.45, 7) is 5.09. The molecule has 0 saturated carbocycles. The third-order valence-electron chi connectivity index (χ3n) is 2.22. The number of nitrogens with zero attached hydrogens (tertiary/aromatic N) is 3. The first-order valence-corrected chi connectivity index (χ1v) is 7.09. The molecule has 0 aliphatic carbocycles. The van der Waals surface area contributed by atoms with E-state index in [0.29, 0.717) is 0 Å². The van der Waals surface area contributed by atoms with Crippen molar-refractivity contribution in [2.45, 2.75) is 6.92 Å². The molecule has 0 amide bonds. The first-order chi connectivity index (χ1) is 11.0. The summed E-state index contributed by atoms with van der Waals surface area (Å²) in [6.07, 6.45) is 0. The number of benzene rings is 1. The van der Waals surface area contributed by atoms with E-state index in [4.69, 9.17) is 21.9 Å². The number of azide groups is 1. The monoisotopic (exact) mass is 339 g/mol. The molecule has 0 spiro atoms. The molecule has 0 heterocycles. The number of carbonyl (C=O) groups is 2. The predicted molar refractivity (Wildman–Crippen MR) is 87.1 cm³/mol. The highest BCUT2D eigenvalue weighted by Crippen LogP contribution is 2.03. The van der Waals surface area contributed by atoms with Gasteiger partial charge in [-0.15, -0.1) is 0 Å². The van der Waals surface area contributed by atoms with Gasteiger partial charge in [-0.05, 0) is 24.6 Å². The number of carbonyl (C=O) groups excluding carboxylic acids is 2. The van der Waals surface area contributed by atoms with Crippen LogP contribution in [0.15, 0.2) is 47.6 Å². The standard InChI is InChI=1S/C9H13N3O4.C6H5Cl/c1-3-16-9(14)7(2)8(13)6-15-5-4-11-12-10;7-6-4-2-1-3-5-6/h2-6H2,1H3;1-5H. The Morgan fingerprint density at radius 1 is 1.35 bits per heavy atom. The summed E-state index contributed by atoms with van der Waals surface area (Å²) >= 11 is 5.54. The van der Waals surface area contributed by atoms with Crippen LogP contribution in [0, 0.1) is 0 Å². The SMILES string of the molecule is C=C(C(=O)COCCN=[N+]=[N-])C(=O)OCC.Clc1ccccc1. The Labute approximate surface area is 139 Å². The molecule has 0 aliphatic rings. The van der Waals surface area contributed by atoms with Crippen molar-refractivity contribution in [3.63, 3.8) is 0 Å². The molecule has 1 aromatic carbocycles. The maximum absolute atomic E-state index is 11.3. The second-order valence-corrected chi connectivity index (χ2v) is 4.36. The normalized spacial score (nSPS) is 8.96. The molecule has 0 radical (unpaired) electrons. The molecule has 0 aromatic heterocycles. The van der Waals surface area contributed by atoms with E-state index in [2.05, 4.69) is 21.3 Å². The van der Waals surface area contributed by atoms with Gasteiger partial charge in [0.1, 0.15) is 6.61 Å². The van der Waals surface area contributed by atoms with Crippen LogP contribution in [-0.2, 0) is 19.1 Å². The van der Waals surface area contributed by atoms with Crippen molar-refractivity contribution in [1.29, 1.82) is 0 Å².